The van der Waals surface area contributed by atoms with Crippen LogP contribution in [-0.4, -0.2) is 38.8 Å². The number of carbonyl (C=O) groups is 1. The van der Waals surface area contributed by atoms with Crippen molar-refractivity contribution in [1.29, 1.82) is 0 Å². The lowest BCUT2D eigenvalue weighted by molar-refractivity contribution is 0.0284. The summed E-state index contributed by atoms with van der Waals surface area (Å²) in [5, 5.41) is 8.28. The van der Waals surface area contributed by atoms with Crippen LogP contribution in [0.1, 0.15) is 26.5 Å². The van der Waals surface area contributed by atoms with Crippen LogP contribution < -0.4 is 0 Å². The molecular formula is C13H17ClN4O2. The van der Waals surface area contributed by atoms with E-state index in [1.807, 2.05) is 20.8 Å². The first-order valence-electron chi connectivity index (χ1n) is 6.19. The fourth-order valence-corrected chi connectivity index (χ4v) is 1.85. The lowest BCUT2D eigenvalue weighted by Gasteiger charge is -2.24. The quantitative estimate of drug-likeness (QED) is 0.865. The first-order chi connectivity index (χ1) is 9.26. The molecular weight excluding hydrogens is 280 g/mol. The number of nitrogens with zero attached hydrogens (tertiary/aromatic N) is 3. The van der Waals surface area contributed by atoms with Gasteiger partial charge >= 0.3 is 6.09 Å². The normalized spacial score (nSPS) is 11.7. The number of pyridine rings is 1. The van der Waals surface area contributed by atoms with Crippen molar-refractivity contribution >= 4 is 28.6 Å². The topological polar surface area (TPSA) is 71.1 Å². The van der Waals surface area contributed by atoms with Gasteiger partial charge in [0.25, 0.3) is 0 Å². The zero-order chi connectivity index (χ0) is 14.9. The van der Waals surface area contributed by atoms with E-state index in [2.05, 4.69) is 15.2 Å². The molecule has 2 aromatic heterocycles. The molecule has 1 amide bonds. The standard InChI is InChI=1S/C13H17ClN4O2/c1-13(2,3)20-12(19)18(4)7-10-8-6-15-11(14)5-9(8)16-17-10/h5-6H,7H2,1-4H3,(H,16,17). The Morgan fingerprint density at radius 1 is 1.50 bits per heavy atom. The van der Waals surface area contributed by atoms with E-state index in [9.17, 15) is 4.79 Å². The van der Waals surface area contributed by atoms with Gasteiger partial charge in [-0.1, -0.05) is 11.6 Å². The van der Waals surface area contributed by atoms with Crippen LogP contribution in [0.4, 0.5) is 4.79 Å². The van der Waals surface area contributed by atoms with Crippen LogP contribution in [0.2, 0.25) is 5.15 Å². The van der Waals surface area contributed by atoms with Crippen LogP contribution in [0.3, 0.4) is 0 Å². The van der Waals surface area contributed by atoms with Gasteiger partial charge in [-0.15, -0.1) is 0 Å². The molecule has 0 aromatic carbocycles. The predicted octanol–water partition coefficient (Wildman–Crippen LogP) is 2.98. The molecule has 0 fully saturated rings. The average Bonchev–Trinajstić information content (AvgIpc) is 2.69. The summed E-state index contributed by atoms with van der Waals surface area (Å²) < 4.78 is 5.29. The van der Waals surface area contributed by atoms with Crippen molar-refractivity contribution in [2.75, 3.05) is 7.05 Å². The lowest BCUT2D eigenvalue weighted by atomic mass is 10.2. The van der Waals surface area contributed by atoms with Gasteiger partial charge in [-0.05, 0) is 20.8 Å². The number of nitrogens with one attached hydrogen (secondary N) is 1. The van der Waals surface area contributed by atoms with Crippen molar-refractivity contribution in [1.82, 2.24) is 20.1 Å². The largest absolute Gasteiger partial charge is 0.444 e. The van der Waals surface area contributed by atoms with Gasteiger partial charge in [0.2, 0.25) is 0 Å². The monoisotopic (exact) mass is 296 g/mol. The van der Waals surface area contributed by atoms with Crippen LogP contribution in [0.25, 0.3) is 10.9 Å². The van der Waals surface area contributed by atoms with E-state index in [0.29, 0.717) is 11.7 Å². The summed E-state index contributed by atoms with van der Waals surface area (Å²) in [5.74, 6) is 0. The van der Waals surface area contributed by atoms with Gasteiger partial charge < -0.3 is 9.64 Å². The zero-order valence-electron chi connectivity index (χ0n) is 11.9. The van der Waals surface area contributed by atoms with E-state index >= 15 is 0 Å². The first kappa shape index (κ1) is 14.6. The smallest absolute Gasteiger partial charge is 0.410 e. The second kappa shape index (κ2) is 5.28. The van der Waals surface area contributed by atoms with Crippen LogP contribution in [-0.2, 0) is 11.3 Å². The number of halogens is 1. The predicted molar refractivity (Wildman–Crippen MR) is 76.6 cm³/mol. The molecule has 2 aromatic rings. The minimum Gasteiger partial charge on any atom is -0.444 e. The number of hydrogen-bond acceptors (Lipinski definition) is 4. The molecule has 0 saturated heterocycles. The third-order valence-electron chi connectivity index (χ3n) is 2.58. The van der Waals surface area contributed by atoms with E-state index in [-0.39, 0.29) is 0 Å². The summed E-state index contributed by atoms with van der Waals surface area (Å²) in [4.78, 5) is 17.4. The molecule has 0 aliphatic heterocycles. The van der Waals surface area contributed by atoms with Crippen LogP contribution in [0.15, 0.2) is 12.3 Å². The zero-order valence-corrected chi connectivity index (χ0v) is 12.7. The number of carbonyl (C=O) groups excluding carboxylic acids is 1. The van der Waals surface area contributed by atoms with Gasteiger partial charge in [-0.2, -0.15) is 5.10 Å². The Balaban J connectivity index is 2.14. The summed E-state index contributed by atoms with van der Waals surface area (Å²) in [7, 11) is 1.66. The third kappa shape index (κ3) is 3.39. The van der Waals surface area contributed by atoms with Crippen LogP contribution in [0.5, 0.6) is 0 Å². The fourth-order valence-electron chi connectivity index (χ4n) is 1.69. The maximum atomic E-state index is 11.9. The number of fused-ring (bicyclic) bond motifs is 1. The van der Waals surface area contributed by atoms with Crippen molar-refractivity contribution in [2.45, 2.75) is 32.9 Å². The fraction of sp³-hybridized carbons (Fsp3) is 0.462. The maximum absolute atomic E-state index is 11.9. The van der Waals surface area contributed by atoms with Crippen molar-refractivity contribution in [3.8, 4) is 0 Å². The van der Waals surface area contributed by atoms with Gasteiger partial charge in [0.05, 0.1) is 17.8 Å². The molecule has 20 heavy (non-hydrogen) atoms. The Labute approximate surface area is 122 Å². The molecule has 0 spiro atoms. The van der Waals surface area contributed by atoms with E-state index in [1.54, 1.807) is 19.3 Å². The highest BCUT2D eigenvalue weighted by Crippen LogP contribution is 2.19. The molecule has 0 aliphatic carbocycles. The van der Waals surface area contributed by atoms with Crippen molar-refractivity contribution in [3.63, 3.8) is 0 Å². The molecule has 0 aliphatic rings. The van der Waals surface area contributed by atoms with Gasteiger partial charge in [0.15, 0.2) is 0 Å². The lowest BCUT2D eigenvalue weighted by Crippen LogP contribution is -2.33. The minimum absolute atomic E-state index is 0.332. The summed E-state index contributed by atoms with van der Waals surface area (Å²) in [6.07, 6.45) is 1.25. The Bertz CT molecular complexity index is 633. The Kier molecular flexibility index (Phi) is 3.85. The van der Waals surface area contributed by atoms with Gasteiger partial charge in [-0.3, -0.25) is 5.10 Å². The third-order valence-corrected chi connectivity index (χ3v) is 2.79. The molecule has 6 nitrogen and oxygen atoms in total. The molecule has 0 saturated carbocycles. The van der Waals surface area contributed by atoms with Gasteiger partial charge in [-0.25, -0.2) is 9.78 Å². The second-order valence-electron chi connectivity index (χ2n) is 5.56. The number of ether oxygens (including phenoxy) is 1. The Morgan fingerprint density at radius 2 is 2.20 bits per heavy atom. The number of aromatic amines is 1. The minimum atomic E-state index is -0.520. The van der Waals surface area contributed by atoms with Crippen molar-refractivity contribution in [2.24, 2.45) is 0 Å². The molecule has 0 bridgehead atoms. The van der Waals surface area contributed by atoms with Gasteiger partial charge in [0, 0.05) is 24.7 Å². The van der Waals surface area contributed by atoms with Crippen molar-refractivity contribution < 1.29 is 9.53 Å². The van der Waals surface area contributed by atoms with E-state index in [1.165, 1.54) is 4.90 Å². The van der Waals surface area contributed by atoms with Crippen LogP contribution >= 0.6 is 11.6 Å². The highest BCUT2D eigenvalue weighted by molar-refractivity contribution is 6.30. The number of aromatic nitrogens is 3. The highest BCUT2D eigenvalue weighted by atomic mass is 35.5. The van der Waals surface area contributed by atoms with E-state index in [4.69, 9.17) is 16.3 Å². The summed E-state index contributed by atoms with van der Waals surface area (Å²) in [5.41, 5.74) is 0.990. The molecule has 2 heterocycles. The second-order valence-corrected chi connectivity index (χ2v) is 5.95. The highest BCUT2D eigenvalue weighted by Gasteiger charge is 2.20. The number of rotatable bonds is 2. The maximum Gasteiger partial charge on any atom is 0.410 e. The van der Waals surface area contributed by atoms with E-state index in [0.717, 1.165) is 16.6 Å². The Morgan fingerprint density at radius 3 is 2.85 bits per heavy atom. The summed E-state index contributed by atoms with van der Waals surface area (Å²) in [6.45, 7) is 5.82. The van der Waals surface area contributed by atoms with Crippen LogP contribution in [0, 0.1) is 0 Å². The SMILES string of the molecule is CN(Cc1n[nH]c2cc(Cl)ncc12)C(=O)OC(C)(C)C. The molecule has 0 radical (unpaired) electrons. The number of amides is 1. The van der Waals surface area contributed by atoms with Crippen molar-refractivity contribution in [3.05, 3.63) is 23.1 Å². The van der Waals surface area contributed by atoms with E-state index < -0.39 is 11.7 Å². The summed E-state index contributed by atoms with van der Waals surface area (Å²) in [6, 6.07) is 1.70. The molecule has 0 atom stereocenters. The molecule has 108 valence electrons. The number of H-pyrrole nitrogens is 1. The number of hydrogen-bond donors (Lipinski definition) is 1. The Hall–Kier alpha value is -1.82. The first-order valence-corrected chi connectivity index (χ1v) is 6.56. The molecule has 7 heteroatoms. The average molecular weight is 297 g/mol. The van der Waals surface area contributed by atoms with Gasteiger partial charge in [0.1, 0.15) is 10.8 Å². The molecule has 0 unspecified atom stereocenters. The molecule has 1 N–H and O–H groups in total. The summed E-state index contributed by atoms with van der Waals surface area (Å²) >= 11 is 5.81. The molecule has 2 rings (SSSR count).